The van der Waals surface area contributed by atoms with Crippen molar-refractivity contribution < 1.29 is 22.7 Å². The Balaban J connectivity index is 2.00. The number of halogens is 4. The predicted octanol–water partition coefficient (Wildman–Crippen LogP) is 3.71. The molecule has 1 aliphatic rings. The normalized spacial score (nSPS) is 21.9. The lowest BCUT2D eigenvalue weighted by molar-refractivity contribution is -0.183. The van der Waals surface area contributed by atoms with Crippen LogP contribution in [0, 0.1) is 11.7 Å². The zero-order valence-electron chi connectivity index (χ0n) is 14.0. The van der Waals surface area contributed by atoms with E-state index in [9.17, 15) is 22.7 Å². The molecule has 2 rings (SSSR count). The van der Waals surface area contributed by atoms with Crippen molar-refractivity contribution in [3.8, 4) is 5.75 Å². The Kier molecular flexibility index (Phi) is 6.50. The number of phenols is 1. The average Bonchev–Trinajstić information content (AvgIpc) is 2.55. The number of alkyl halides is 3. The monoisotopic (exact) mass is 361 g/mol. The molecule has 1 saturated carbocycles. The zero-order valence-corrected chi connectivity index (χ0v) is 14.0. The number of benzene rings is 1. The number of phenolic OH excluding ortho intramolecular Hbond substituents is 1. The van der Waals surface area contributed by atoms with Gasteiger partial charge in [0, 0.05) is 12.6 Å². The lowest BCUT2D eigenvalue weighted by Crippen LogP contribution is -2.46. The maximum Gasteiger partial charge on any atom is 0.391 e. The lowest BCUT2D eigenvalue weighted by atomic mass is 9.85. The number of nitrogens with one attached hydrogen (secondary N) is 2. The minimum absolute atomic E-state index is 0.0295. The highest BCUT2D eigenvalue weighted by atomic mass is 19.4. The van der Waals surface area contributed by atoms with Crippen molar-refractivity contribution in [3.63, 3.8) is 0 Å². The number of aromatic hydroxyl groups is 1. The second kappa shape index (κ2) is 8.40. The van der Waals surface area contributed by atoms with Crippen molar-refractivity contribution in [2.45, 2.75) is 51.4 Å². The van der Waals surface area contributed by atoms with Gasteiger partial charge in [-0.1, -0.05) is 12.5 Å². The van der Waals surface area contributed by atoms with E-state index in [1.807, 2.05) is 6.92 Å². The molecule has 3 N–H and O–H groups in total. The second-order valence-electron chi connectivity index (χ2n) is 6.23. The third kappa shape index (κ3) is 5.79. The topological polar surface area (TPSA) is 56.7 Å². The van der Waals surface area contributed by atoms with Gasteiger partial charge in [-0.25, -0.2) is 9.38 Å². The number of hydrogen-bond acceptors (Lipinski definition) is 2. The molecule has 0 spiro atoms. The highest BCUT2D eigenvalue weighted by molar-refractivity contribution is 5.80. The quantitative estimate of drug-likeness (QED) is 0.435. The molecule has 4 nitrogen and oxygen atoms in total. The van der Waals surface area contributed by atoms with Crippen molar-refractivity contribution in [2.24, 2.45) is 10.9 Å². The van der Waals surface area contributed by atoms with Gasteiger partial charge in [0.1, 0.15) is 0 Å². The van der Waals surface area contributed by atoms with Crippen LogP contribution in [-0.4, -0.2) is 29.8 Å². The summed E-state index contributed by atoms with van der Waals surface area (Å²) in [6.07, 6.45) is -2.79. The van der Waals surface area contributed by atoms with Gasteiger partial charge in [0.2, 0.25) is 0 Å². The van der Waals surface area contributed by atoms with Crippen LogP contribution in [0.15, 0.2) is 23.2 Å². The molecule has 1 aromatic carbocycles. The molecule has 0 aromatic heterocycles. The molecule has 140 valence electrons. The fraction of sp³-hybridized carbons (Fsp3) is 0.588. The first-order chi connectivity index (χ1) is 11.8. The summed E-state index contributed by atoms with van der Waals surface area (Å²) in [4.78, 5) is 4.30. The molecule has 0 radical (unpaired) electrons. The van der Waals surface area contributed by atoms with E-state index < -0.39 is 23.7 Å². The van der Waals surface area contributed by atoms with Gasteiger partial charge in [0.25, 0.3) is 0 Å². The third-order valence-electron chi connectivity index (χ3n) is 4.25. The Hall–Kier alpha value is -1.99. The molecule has 0 aliphatic heterocycles. The minimum atomic E-state index is -4.17. The van der Waals surface area contributed by atoms with E-state index in [1.165, 1.54) is 12.1 Å². The molecular formula is C17H23F4N3O. The summed E-state index contributed by atoms with van der Waals surface area (Å²) in [6.45, 7) is 2.57. The summed E-state index contributed by atoms with van der Waals surface area (Å²) < 4.78 is 52.1. The molecule has 2 atom stereocenters. The molecule has 1 aromatic rings. The van der Waals surface area contributed by atoms with Gasteiger partial charge in [-0.05, 0) is 43.9 Å². The molecule has 0 saturated heterocycles. The minimum Gasteiger partial charge on any atom is -0.505 e. The van der Waals surface area contributed by atoms with E-state index in [4.69, 9.17) is 0 Å². The molecule has 0 amide bonds. The molecule has 0 bridgehead atoms. The lowest BCUT2D eigenvalue weighted by Gasteiger charge is -2.31. The molecule has 1 fully saturated rings. The van der Waals surface area contributed by atoms with Gasteiger partial charge >= 0.3 is 6.18 Å². The first kappa shape index (κ1) is 19.3. The second-order valence-corrected chi connectivity index (χ2v) is 6.23. The fourth-order valence-electron chi connectivity index (χ4n) is 2.95. The standard InChI is InChI=1S/C17H23F4N3O/c1-2-22-16(23-10-11-6-7-15(25)14(18)8-11)24-13-5-3-4-12(9-13)17(19,20)21/h6-8,12-13,25H,2-5,9-10H2,1H3,(H2,22,23,24). The number of nitrogens with zero attached hydrogens (tertiary/aromatic N) is 1. The summed E-state index contributed by atoms with van der Waals surface area (Å²) in [5.74, 6) is -2.04. The van der Waals surface area contributed by atoms with E-state index >= 15 is 0 Å². The Morgan fingerprint density at radius 3 is 2.72 bits per heavy atom. The maximum atomic E-state index is 13.3. The van der Waals surface area contributed by atoms with Gasteiger partial charge < -0.3 is 15.7 Å². The highest BCUT2D eigenvalue weighted by Gasteiger charge is 2.42. The largest absolute Gasteiger partial charge is 0.505 e. The van der Waals surface area contributed by atoms with Crippen LogP contribution >= 0.6 is 0 Å². The van der Waals surface area contributed by atoms with E-state index in [1.54, 1.807) is 6.07 Å². The summed E-state index contributed by atoms with van der Waals surface area (Å²) in [7, 11) is 0. The number of aliphatic imine (C=N–C) groups is 1. The third-order valence-corrected chi connectivity index (χ3v) is 4.25. The first-order valence-electron chi connectivity index (χ1n) is 8.38. The Labute approximate surface area is 144 Å². The molecule has 0 heterocycles. The predicted molar refractivity (Wildman–Crippen MR) is 87.8 cm³/mol. The van der Waals surface area contributed by atoms with Crippen molar-refractivity contribution in [1.82, 2.24) is 10.6 Å². The van der Waals surface area contributed by atoms with Crippen LogP contribution in [0.25, 0.3) is 0 Å². The van der Waals surface area contributed by atoms with Crippen LogP contribution in [0.2, 0.25) is 0 Å². The van der Waals surface area contributed by atoms with Crippen LogP contribution in [0.1, 0.15) is 38.2 Å². The van der Waals surface area contributed by atoms with Gasteiger partial charge in [-0.2, -0.15) is 13.2 Å². The number of hydrogen-bond donors (Lipinski definition) is 3. The van der Waals surface area contributed by atoms with Crippen LogP contribution in [-0.2, 0) is 6.54 Å². The highest BCUT2D eigenvalue weighted by Crippen LogP contribution is 2.37. The smallest absolute Gasteiger partial charge is 0.391 e. The van der Waals surface area contributed by atoms with E-state index in [0.29, 0.717) is 30.9 Å². The van der Waals surface area contributed by atoms with Crippen LogP contribution in [0.5, 0.6) is 5.75 Å². The molecule has 1 aliphatic carbocycles. The van der Waals surface area contributed by atoms with Crippen molar-refractivity contribution >= 4 is 5.96 Å². The molecule has 8 heteroatoms. The molecular weight excluding hydrogens is 338 g/mol. The first-order valence-corrected chi connectivity index (χ1v) is 8.38. The zero-order chi connectivity index (χ0) is 18.4. The van der Waals surface area contributed by atoms with Gasteiger partial charge in [0.05, 0.1) is 12.5 Å². The Bertz CT molecular complexity index is 604. The summed E-state index contributed by atoms with van der Waals surface area (Å²) >= 11 is 0. The number of guanidine groups is 1. The van der Waals surface area contributed by atoms with Gasteiger partial charge in [-0.15, -0.1) is 0 Å². The average molecular weight is 361 g/mol. The summed E-state index contributed by atoms with van der Waals surface area (Å²) in [5, 5.41) is 15.2. The van der Waals surface area contributed by atoms with Crippen LogP contribution in [0.3, 0.4) is 0 Å². The van der Waals surface area contributed by atoms with Crippen molar-refractivity contribution in [3.05, 3.63) is 29.6 Å². The number of rotatable bonds is 4. The van der Waals surface area contributed by atoms with E-state index in [2.05, 4.69) is 15.6 Å². The van der Waals surface area contributed by atoms with E-state index in [0.717, 1.165) is 0 Å². The van der Waals surface area contributed by atoms with Crippen molar-refractivity contribution in [2.75, 3.05) is 6.54 Å². The Morgan fingerprint density at radius 1 is 1.32 bits per heavy atom. The summed E-state index contributed by atoms with van der Waals surface area (Å²) in [6, 6.07) is 3.68. The Morgan fingerprint density at radius 2 is 2.08 bits per heavy atom. The summed E-state index contributed by atoms with van der Waals surface area (Å²) in [5.41, 5.74) is 0.560. The van der Waals surface area contributed by atoms with Crippen molar-refractivity contribution in [1.29, 1.82) is 0 Å². The SMILES string of the molecule is CCNC(=NCc1ccc(O)c(F)c1)NC1CCCC(C(F)(F)F)C1. The van der Waals surface area contributed by atoms with Gasteiger partial charge in [-0.3, -0.25) is 0 Å². The van der Waals surface area contributed by atoms with Crippen LogP contribution < -0.4 is 10.6 Å². The fourth-order valence-corrected chi connectivity index (χ4v) is 2.95. The molecule has 2 unspecified atom stereocenters. The van der Waals surface area contributed by atoms with E-state index in [-0.39, 0.29) is 25.4 Å². The molecule has 25 heavy (non-hydrogen) atoms. The van der Waals surface area contributed by atoms with Crippen LogP contribution in [0.4, 0.5) is 17.6 Å². The van der Waals surface area contributed by atoms with Gasteiger partial charge in [0.15, 0.2) is 17.5 Å². The maximum absolute atomic E-state index is 13.3.